The highest BCUT2D eigenvalue weighted by molar-refractivity contribution is 5.94. The number of aliphatic hydroxyl groups excluding tert-OH is 1. The number of likely N-dealkylation sites (tertiary alicyclic amines) is 1. The number of nitrogens with zero attached hydrogens (tertiary/aromatic N) is 3. The van der Waals surface area contributed by atoms with E-state index in [9.17, 15) is 39.3 Å². The van der Waals surface area contributed by atoms with E-state index < -0.39 is 66.4 Å². The number of aliphatic imine (C=N–C) groups is 1. The van der Waals surface area contributed by atoms with E-state index in [0.29, 0.717) is 18.4 Å². The number of carbonyl (C=O) groups is 5. The Labute approximate surface area is 249 Å². The van der Waals surface area contributed by atoms with Crippen molar-refractivity contribution in [3.63, 3.8) is 0 Å². The molecule has 2 rings (SSSR count). The quantitative estimate of drug-likeness (QED) is 0.0574. The Hall–Kier alpha value is -4.44. The highest BCUT2D eigenvalue weighted by atomic mass is 16.4. The van der Waals surface area contributed by atoms with Crippen LogP contribution in [0.15, 0.2) is 29.3 Å². The van der Waals surface area contributed by atoms with Crippen molar-refractivity contribution in [2.75, 3.05) is 26.7 Å². The number of carbonyl (C=O) groups excluding carboxylic acids is 4. The van der Waals surface area contributed by atoms with Crippen LogP contribution in [0.4, 0.5) is 0 Å². The summed E-state index contributed by atoms with van der Waals surface area (Å²) in [6, 6.07) is 1.46. The van der Waals surface area contributed by atoms with Crippen LogP contribution in [-0.4, -0.2) is 118 Å². The Morgan fingerprint density at radius 2 is 1.79 bits per heavy atom. The summed E-state index contributed by atoms with van der Waals surface area (Å²) in [6.45, 7) is 1.29. The molecule has 0 saturated carbocycles. The topological polar surface area (TPSA) is 267 Å². The molecule has 1 fully saturated rings. The smallest absolute Gasteiger partial charge is 0.328 e. The van der Waals surface area contributed by atoms with Crippen molar-refractivity contribution < 1.29 is 39.3 Å². The number of aliphatic hydroxyl groups is 1. The molecule has 4 amide bonds. The van der Waals surface area contributed by atoms with Gasteiger partial charge in [0.25, 0.3) is 0 Å². The van der Waals surface area contributed by atoms with E-state index in [2.05, 4.69) is 15.6 Å². The number of phenols is 1. The summed E-state index contributed by atoms with van der Waals surface area (Å²) in [5.74, 6) is -3.94. The van der Waals surface area contributed by atoms with E-state index in [-0.39, 0.29) is 44.1 Å². The van der Waals surface area contributed by atoms with Gasteiger partial charge in [0.2, 0.25) is 23.6 Å². The highest BCUT2D eigenvalue weighted by Gasteiger charge is 2.38. The number of amides is 4. The zero-order chi connectivity index (χ0) is 32.3. The molecule has 16 nitrogen and oxygen atoms in total. The van der Waals surface area contributed by atoms with E-state index in [1.54, 1.807) is 12.1 Å². The van der Waals surface area contributed by atoms with Crippen molar-refractivity contribution >= 4 is 35.6 Å². The molecule has 0 aliphatic carbocycles. The normalized spacial score (nSPS) is 17.2. The molecule has 0 spiro atoms. The molecule has 0 unspecified atom stereocenters. The number of likely N-dealkylation sites (N-methyl/N-ethyl adjacent to an activating group) is 1. The minimum atomic E-state index is -1.54. The Bertz CT molecular complexity index is 1170. The molecule has 1 heterocycles. The second kappa shape index (κ2) is 16.3. The average molecular weight is 607 g/mol. The first-order valence-electron chi connectivity index (χ1n) is 13.9. The van der Waals surface area contributed by atoms with Gasteiger partial charge >= 0.3 is 5.97 Å². The number of phenolic OH excluding ortho intramolecular Hbond substituents is 1. The standard InChI is InChI=1S/C27H42N8O8/c1-15(36)22(26(42)43)33-24(40)20-6-4-12-35(20)21(38)14-34(2)25(41)19(13-16-7-9-17(37)10-8-16)32-23(39)18(28)5-3-11-31-27(29)30/h7-10,15,18-20,22,36-37H,3-6,11-14,28H2,1-2H3,(H,32,39)(H,33,40)(H,42,43)(H4,29,30,31)/t15-,18+,19+,20+,22+/m1/s1. The number of hydrogen-bond acceptors (Lipinski definition) is 9. The molecule has 1 aromatic rings. The van der Waals surface area contributed by atoms with Crippen LogP contribution in [0.5, 0.6) is 5.75 Å². The lowest BCUT2D eigenvalue weighted by atomic mass is 10.0. The van der Waals surface area contributed by atoms with Crippen molar-refractivity contribution in [3.05, 3.63) is 29.8 Å². The van der Waals surface area contributed by atoms with Crippen LogP contribution >= 0.6 is 0 Å². The van der Waals surface area contributed by atoms with Crippen LogP contribution in [0.2, 0.25) is 0 Å². The van der Waals surface area contributed by atoms with E-state index in [1.807, 2.05) is 0 Å². The first-order chi connectivity index (χ1) is 20.2. The fraction of sp³-hybridized carbons (Fsp3) is 0.556. The molecule has 1 saturated heterocycles. The fourth-order valence-electron chi connectivity index (χ4n) is 4.61. The summed E-state index contributed by atoms with van der Waals surface area (Å²) in [7, 11) is 1.38. The third-order valence-corrected chi connectivity index (χ3v) is 6.97. The summed E-state index contributed by atoms with van der Waals surface area (Å²) >= 11 is 0. The van der Waals surface area contributed by atoms with Gasteiger partial charge in [0.05, 0.1) is 18.7 Å². The molecule has 5 atom stereocenters. The lowest BCUT2D eigenvalue weighted by Gasteiger charge is -2.29. The molecule has 43 heavy (non-hydrogen) atoms. The van der Waals surface area contributed by atoms with Crippen LogP contribution in [0.1, 0.15) is 38.2 Å². The maximum atomic E-state index is 13.5. The van der Waals surface area contributed by atoms with Crippen molar-refractivity contribution in [1.82, 2.24) is 20.4 Å². The van der Waals surface area contributed by atoms with Crippen LogP contribution in [0.25, 0.3) is 0 Å². The van der Waals surface area contributed by atoms with Crippen molar-refractivity contribution in [1.29, 1.82) is 0 Å². The summed E-state index contributed by atoms with van der Waals surface area (Å²) in [4.78, 5) is 70.0. The molecule has 16 heteroatoms. The van der Waals surface area contributed by atoms with Crippen LogP contribution in [-0.2, 0) is 30.4 Å². The van der Waals surface area contributed by atoms with Crippen LogP contribution < -0.4 is 27.8 Å². The van der Waals surface area contributed by atoms with Gasteiger partial charge in [-0.05, 0) is 50.3 Å². The fourth-order valence-corrected chi connectivity index (χ4v) is 4.61. The van der Waals surface area contributed by atoms with Crippen LogP contribution in [0.3, 0.4) is 0 Å². The lowest BCUT2D eigenvalue weighted by Crippen LogP contribution is -2.56. The van der Waals surface area contributed by atoms with E-state index >= 15 is 0 Å². The SMILES string of the molecule is C[C@@H](O)[C@H](NC(=O)[C@@H]1CCCN1C(=O)CN(C)C(=O)[C@H](Cc1ccc(O)cc1)NC(=O)[C@@H](N)CCCN=C(N)N)C(=O)O. The van der Waals surface area contributed by atoms with Gasteiger partial charge < -0.3 is 53.0 Å². The number of guanidine groups is 1. The van der Waals surface area contributed by atoms with Gasteiger partial charge in [0.1, 0.15) is 17.8 Å². The molecular formula is C27H42N8O8. The summed E-state index contributed by atoms with van der Waals surface area (Å²) in [5.41, 5.74) is 17.2. The second-order valence-corrected chi connectivity index (χ2v) is 10.5. The second-order valence-electron chi connectivity index (χ2n) is 10.5. The highest BCUT2D eigenvalue weighted by Crippen LogP contribution is 2.19. The first-order valence-corrected chi connectivity index (χ1v) is 13.9. The summed E-state index contributed by atoms with van der Waals surface area (Å²) in [5, 5.41) is 33.5. The zero-order valence-corrected chi connectivity index (χ0v) is 24.3. The van der Waals surface area contributed by atoms with Gasteiger partial charge in [-0.1, -0.05) is 12.1 Å². The third-order valence-electron chi connectivity index (χ3n) is 6.97. The Kier molecular flexibility index (Phi) is 13.1. The molecule has 1 aliphatic heterocycles. The van der Waals surface area contributed by atoms with Crippen molar-refractivity contribution in [2.24, 2.45) is 22.2 Å². The third kappa shape index (κ3) is 10.7. The Balaban J connectivity index is 2.12. The van der Waals surface area contributed by atoms with Gasteiger partial charge in [-0.2, -0.15) is 0 Å². The lowest BCUT2D eigenvalue weighted by molar-refractivity contribution is -0.147. The molecule has 0 bridgehead atoms. The van der Waals surface area contributed by atoms with E-state index in [0.717, 1.165) is 4.90 Å². The monoisotopic (exact) mass is 606 g/mol. The minimum absolute atomic E-state index is 0.0218. The van der Waals surface area contributed by atoms with Gasteiger partial charge in [-0.3, -0.25) is 24.2 Å². The summed E-state index contributed by atoms with van der Waals surface area (Å²) in [6.07, 6.45) is 0.105. The predicted octanol–water partition coefficient (Wildman–Crippen LogP) is -2.80. The molecule has 238 valence electrons. The number of nitrogens with one attached hydrogen (secondary N) is 2. The number of benzene rings is 1. The number of hydrogen-bond donors (Lipinski definition) is 8. The number of nitrogens with two attached hydrogens (primary N) is 3. The summed E-state index contributed by atoms with van der Waals surface area (Å²) < 4.78 is 0. The molecule has 1 aliphatic rings. The van der Waals surface area contributed by atoms with Gasteiger partial charge in [0.15, 0.2) is 12.0 Å². The number of rotatable bonds is 15. The largest absolute Gasteiger partial charge is 0.508 e. The predicted molar refractivity (Wildman–Crippen MR) is 155 cm³/mol. The number of aliphatic carboxylic acids is 1. The van der Waals surface area contributed by atoms with E-state index in [1.165, 1.54) is 31.0 Å². The Morgan fingerprint density at radius 1 is 1.14 bits per heavy atom. The molecule has 1 aromatic carbocycles. The van der Waals surface area contributed by atoms with Gasteiger partial charge in [-0.15, -0.1) is 0 Å². The van der Waals surface area contributed by atoms with Crippen LogP contribution in [0, 0.1) is 0 Å². The number of aromatic hydroxyl groups is 1. The van der Waals surface area contributed by atoms with Crippen molar-refractivity contribution in [2.45, 2.75) is 69.3 Å². The number of carboxylic acid groups (broad SMARTS) is 1. The van der Waals surface area contributed by atoms with Gasteiger partial charge in [0, 0.05) is 26.6 Å². The maximum absolute atomic E-state index is 13.5. The first kappa shape index (κ1) is 34.8. The van der Waals surface area contributed by atoms with E-state index in [4.69, 9.17) is 17.2 Å². The Morgan fingerprint density at radius 3 is 2.37 bits per heavy atom. The molecule has 11 N–H and O–H groups in total. The van der Waals surface area contributed by atoms with Gasteiger partial charge in [-0.25, -0.2) is 4.79 Å². The molecular weight excluding hydrogens is 564 g/mol. The van der Waals surface area contributed by atoms with Crippen molar-refractivity contribution in [3.8, 4) is 5.75 Å². The zero-order valence-electron chi connectivity index (χ0n) is 24.3. The number of carboxylic acids is 1. The molecule has 0 radical (unpaired) electrons. The average Bonchev–Trinajstić information content (AvgIpc) is 3.44. The molecule has 0 aromatic heterocycles. The maximum Gasteiger partial charge on any atom is 0.328 e. The minimum Gasteiger partial charge on any atom is -0.508 e.